The van der Waals surface area contributed by atoms with Crippen molar-refractivity contribution >= 4 is 6.08 Å². The van der Waals surface area contributed by atoms with E-state index in [4.69, 9.17) is 0 Å². The van der Waals surface area contributed by atoms with E-state index in [1.807, 2.05) is 18.7 Å². The van der Waals surface area contributed by atoms with Crippen LogP contribution >= 0.6 is 0 Å². The summed E-state index contributed by atoms with van der Waals surface area (Å²) in [4.78, 5) is 0. The second-order valence-electron chi connectivity index (χ2n) is 4.26. The molecule has 0 bridgehead atoms. The number of aryl methyl sites for hydroxylation is 2. The Labute approximate surface area is 91.2 Å². The molecule has 0 radical (unpaired) electrons. The molecule has 2 heterocycles. The average Bonchev–Trinajstić information content (AvgIpc) is 2.56. The first kappa shape index (κ1) is 10.4. The molecule has 15 heavy (non-hydrogen) atoms. The second kappa shape index (κ2) is 4.62. The molecule has 3 heteroatoms. The zero-order chi connectivity index (χ0) is 10.7. The van der Waals surface area contributed by atoms with Crippen LogP contribution in [0.5, 0.6) is 0 Å². The fourth-order valence-electron chi connectivity index (χ4n) is 2.04. The van der Waals surface area contributed by atoms with Gasteiger partial charge >= 0.3 is 0 Å². The van der Waals surface area contributed by atoms with Crippen molar-refractivity contribution in [2.24, 2.45) is 7.05 Å². The molecule has 0 amide bonds. The van der Waals surface area contributed by atoms with Crippen LogP contribution in [0.25, 0.3) is 6.08 Å². The van der Waals surface area contributed by atoms with Crippen LogP contribution in [-0.2, 0) is 7.05 Å². The van der Waals surface area contributed by atoms with Gasteiger partial charge in [-0.15, -0.1) is 0 Å². The summed E-state index contributed by atoms with van der Waals surface area (Å²) in [6.45, 7) is 3.20. The number of hydrogen-bond acceptors (Lipinski definition) is 2. The molecule has 1 N–H and O–H groups in total. The van der Waals surface area contributed by atoms with Gasteiger partial charge in [-0.1, -0.05) is 18.6 Å². The number of nitrogens with zero attached hydrogens (tertiary/aromatic N) is 2. The van der Waals surface area contributed by atoms with E-state index >= 15 is 0 Å². The van der Waals surface area contributed by atoms with Crippen molar-refractivity contribution in [2.75, 3.05) is 6.54 Å². The van der Waals surface area contributed by atoms with Crippen LogP contribution in [0.15, 0.2) is 12.3 Å². The third kappa shape index (κ3) is 2.69. The first-order chi connectivity index (χ1) is 7.25. The first-order valence-electron chi connectivity index (χ1n) is 5.67. The van der Waals surface area contributed by atoms with E-state index in [1.165, 1.54) is 24.8 Å². The highest BCUT2D eigenvalue weighted by Crippen LogP contribution is 2.12. The van der Waals surface area contributed by atoms with Crippen LogP contribution in [0.4, 0.5) is 0 Å². The van der Waals surface area contributed by atoms with Gasteiger partial charge in [-0.05, 0) is 26.3 Å². The van der Waals surface area contributed by atoms with Crippen molar-refractivity contribution in [3.63, 3.8) is 0 Å². The minimum absolute atomic E-state index is 0.554. The van der Waals surface area contributed by atoms with Gasteiger partial charge in [0.15, 0.2) is 0 Å². The van der Waals surface area contributed by atoms with Crippen LogP contribution in [0.1, 0.15) is 30.5 Å². The Balaban J connectivity index is 2.00. The number of hydrogen-bond donors (Lipinski definition) is 1. The van der Waals surface area contributed by atoms with E-state index in [9.17, 15) is 0 Å². The summed E-state index contributed by atoms with van der Waals surface area (Å²) in [7, 11) is 1.96. The average molecular weight is 205 g/mol. The quantitative estimate of drug-likeness (QED) is 0.799. The monoisotopic (exact) mass is 205 g/mol. The Bertz CT molecular complexity index is 346. The number of aromatic nitrogens is 2. The van der Waals surface area contributed by atoms with Crippen molar-refractivity contribution < 1.29 is 0 Å². The number of rotatable bonds is 2. The molecule has 0 aliphatic carbocycles. The zero-order valence-corrected chi connectivity index (χ0v) is 9.53. The van der Waals surface area contributed by atoms with E-state index in [2.05, 4.69) is 28.8 Å². The summed E-state index contributed by atoms with van der Waals surface area (Å²) in [6, 6.07) is 0.554. The molecule has 1 unspecified atom stereocenters. The first-order valence-corrected chi connectivity index (χ1v) is 5.67. The van der Waals surface area contributed by atoms with Crippen LogP contribution in [0.3, 0.4) is 0 Å². The second-order valence-corrected chi connectivity index (χ2v) is 4.26. The lowest BCUT2D eigenvalue weighted by atomic mass is 10.0. The number of nitrogens with one attached hydrogen (secondary N) is 1. The summed E-state index contributed by atoms with van der Waals surface area (Å²) in [6.07, 6.45) is 10.4. The van der Waals surface area contributed by atoms with Gasteiger partial charge in [-0.2, -0.15) is 5.10 Å². The molecule has 82 valence electrons. The van der Waals surface area contributed by atoms with Gasteiger partial charge < -0.3 is 5.32 Å². The maximum atomic E-state index is 4.32. The van der Waals surface area contributed by atoms with E-state index in [-0.39, 0.29) is 0 Å². The van der Waals surface area contributed by atoms with Crippen molar-refractivity contribution in [3.8, 4) is 0 Å². The lowest BCUT2D eigenvalue weighted by Gasteiger charge is -2.19. The third-order valence-electron chi connectivity index (χ3n) is 2.91. The fraction of sp³-hybridized carbons (Fsp3) is 0.583. The third-order valence-corrected chi connectivity index (χ3v) is 2.91. The van der Waals surface area contributed by atoms with Crippen molar-refractivity contribution in [1.29, 1.82) is 0 Å². The minimum atomic E-state index is 0.554. The smallest absolute Gasteiger partial charge is 0.0665 e. The molecular weight excluding hydrogens is 186 g/mol. The highest BCUT2D eigenvalue weighted by Gasteiger charge is 2.08. The predicted molar refractivity (Wildman–Crippen MR) is 62.6 cm³/mol. The standard InChI is InChI=1S/C12H19N3/c1-10-11(9-15(2)14-10)6-7-12-5-3-4-8-13-12/h6-7,9,12-13H,3-5,8H2,1-2H3/b7-6+. The van der Waals surface area contributed by atoms with Gasteiger partial charge in [0.2, 0.25) is 0 Å². The van der Waals surface area contributed by atoms with Crippen molar-refractivity contribution in [2.45, 2.75) is 32.2 Å². The molecule has 2 rings (SSSR count). The maximum absolute atomic E-state index is 4.32. The lowest BCUT2D eigenvalue weighted by molar-refractivity contribution is 0.455. The SMILES string of the molecule is Cc1nn(C)cc1/C=C/C1CCCCN1. The number of piperidine rings is 1. The normalized spacial score (nSPS) is 22.4. The molecule has 1 fully saturated rings. The molecule has 1 saturated heterocycles. The van der Waals surface area contributed by atoms with Crippen molar-refractivity contribution in [3.05, 3.63) is 23.5 Å². The fourth-order valence-corrected chi connectivity index (χ4v) is 2.04. The molecule has 0 saturated carbocycles. The van der Waals surface area contributed by atoms with Crippen LogP contribution in [0.2, 0.25) is 0 Å². The van der Waals surface area contributed by atoms with Crippen LogP contribution in [0, 0.1) is 6.92 Å². The zero-order valence-electron chi connectivity index (χ0n) is 9.53. The highest BCUT2D eigenvalue weighted by molar-refractivity contribution is 5.51. The van der Waals surface area contributed by atoms with Gasteiger partial charge in [0.1, 0.15) is 0 Å². The van der Waals surface area contributed by atoms with Gasteiger partial charge in [-0.3, -0.25) is 4.68 Å². The Kier molecular flexibility index (Phi) is 3.21. The Hall–Kier alpha value is -1.09. The molecule has 0 spiro atoms. The van der Waals surface area contributed by atoms with Crippen LogP contribution in [-0.4, -0.2) is 22.4 Å². The van der Waals surface area contributed by atoms with Gasteiger partial charge in [0.25, 0.3) is 0 Å². The van der Waals surface area contributed by atoms with E-state index in [1.54, 1.807) is 0 Å². The summed E-state index contributed by atoms with van der Waals surface area (Å²) >= 11 is 0. The van der Waals surface area contributed by atoms with Gasteiger partial charge in [0, 0.05) is 24.8 Å². The molecule has 0 aromatic carbocycles. The molecular formula is C12H19N3. The minimum Gasteiger partial charge on any atom is -0.311 e. The summed E-state index contributed by atoms with van der Waals surface area (Å²) in [5, 5.41) is 7.82. The van der Waals surface area contributed by atoms with Crippen molar-refractivity contribution in [1.82, 2.24) is 15.1 Å². The van der Waals surface area contributed by atoms with E-state index < -0.39 is 0 Å². The molecule has 3 nitrogen and oxygen atoms in total. The Morgan fingerprint density at radius 3 is 3.00 bits per heavy atom. The lowest BCUT2D eigenvalue weighted by Crippen LogP contribution is -2.31. The highest BCUT2D eigenvalue weighted by atomic mass is 15.2. The van der Waals surface area contributed by atoms with E-state index in [0.717, 1.165) is 12.2 Å². The van der Waals surface area contributed by atoms with Gasteiger partial charge in [-0.25, -0.2) is 0 Å². The summed E-state index contributed by atoms with van der Waals surface area (Å²) in [5.41, 5.74) is 2.33. The molecule has 1 aromatic heterocycles. The predicted octanol–water partition coefficient (Wildman–Crippen LogP) is 1.88. The molecule has 1 aliphatic heterocycles. The largest absolute Gasteiger partial charge is 0.311 e. The summed E-state index contributed by atoms with van der Waals surface area (Å²) < 4.78 is 1.86. The Morgan fingerprint density at radius 2 is 2.40 bits per heavy atom. The van der Waals surface area contributed by atoms with Crippen LogP contribution < -0.4 is 5.32 Å². The topological polar surface area (TPSA) is 29.9 Å². The van der Waals surface area contributed by atoms with Gasteiger partial charge in [0.05, 0.1) is 5.69 Å². The maximum Gasteiger partial charge on any atom is 0.0665 e. The molecule has 1 aliphatic rings. The van der Waals surface area contributed by atoms with E-state index in [0.29, 0.717) is 6.04 Å². The Morgan fingerprint density at radius 1 is 1.53 bits per heavy atom. The molecule has 1 atom stereocenters. The summed E-state index contributed by atoms with van der Waals surface area (Å²) in [5.74, 6) is 0. The molecule has 1 aromatic rings.